The van der Waals surface area contributed by atoms with Crippen LogP contribution >= 0.6 is 0 Å². The third-order valence-electron chi connectivity index (χ3n) is 2.54. The Labute approximate surface area is 89.0 Å². The highest BCUT2D eigenvalue weighted by molar-refractivity contribution is 5.84. The minimum absolute atomic E-state index is 0.0440. The Morgan fingerprint density at radius 3 is 2.33 bits per heavy atom. The molecule has 0 aromatic carbocycles. The summed E-state index contributed by atoms with van der Waals surface area (Å²) in [6, 6.07) is 0. The first-order chi connectivity index (χ1) is 6.93. The van der Waals surface area contributed by atoms with Gasteiger partial charge >= 0.3 is 5.97 Å². The number of carbonyl (C=O) groups is 2. The van der Waals surface area contributed by atoms with Crippen LogP contribution in [0.1, 0.15) is 20.3 Å². The number of morpholine rings is 1. The number of carboxylic acid groups (broad SMARTS) is 1. The fourth-order valence-corrected chi connectivity index (χ4v) is 1.38. The summed E-state index contributed by atoms with van der Waals surface area (Å²) in [7, 11) is 0. The summed E-state index contributed by atoms with van der Waals surface area (Å²) in [5.41, 5.74) is -0.991. The minimum Gasteiger partial charge on any atom is -0.481 e. The molecule has 5 heteroatoms. The number of carboxylic acids is 1. The maximum absolute atomic E-state index is 11.7. The number of amides is 1. The maximum Gasteiger partial charge on any atom is 0.309 e. The average molecular weight is 215 g/mol. The first kappa shape index (κ1) is 12.0. The largest absolute Gasteiger partial charge is 0.481 e. The standard InChI is InChI=1S/C10H17NO4/c1-10(2,9(13)14)7-8(12)11-3-5-15-6-4-11/h3-7H2,1-2H3,(H,13,14). The van der Waals surface area contributed by atoms with E-state index in [1.807, 2.05) is 0 Å². The van der Waals surface area contributed by atoms with Crippen molar-refractivity contribution in [3.05, 3.63) is 0 Å². The van der Waals surface area contributed by atoms with Crippen LogP contribution in [0.2, 0.25) is 0 Å². The monoisotopic (exact) mass is 215 g/mol. The molecule has 1 rings (SSSR count). The number of ether oxygens (including phenoxy) is 1. The fourth-order valence-electron chi connectivity index (χ4n) is 1.38. The zero-order chi connectivity index (χ0) is 11.5. The van der Waals surface area contributed by atoms with Gasteiger partial charge in [0.1, 0.15) is 0 Å². The molecule has 1 amide bonds. The predicted octanol–water partition coefficient (Wildman–Crippen LogP) is 0.346. The predicted molar refractivity (Wildman–Crippen MR) is 53.4 cm³/mol. The molecule has 0 aliphatic carbocycles. The van der Waals surface area contributed by atoms with E-state index >= 15 is 0 Å². The van der Waals surface area contributed by atoms with Gasteiger partial charge in [-0.1, -0.05) is 0 Å². The van der Waals surface area contributed by atoms with Gasteiger partial charge in [0.15, 0.2) is 0 Å². The van der Waals surface area contributed by atoms with Crippen molar-refractivity contribution in [1.29, 1.82) is 0 Å². The third-order valence-corrected chi connectivity index (χ3v) is 2.54. The first-order valence-electron chi connectivity index (χ1n) is 5.02. The topological polar surface area (TPSA) is 66.8 Å². The molecule has 1 aliphatic rings. The maximum atomic E-state index is 11.7. The molecule has 1 aliphatic heterocycles. The van der Waals surface area contributed by atoms with Gasteiger partial charge in [-0.05, 0) is 13.8 Å². The van der Waals surface area contributed by atoms with E-state index in [1.54, 1.807) is 18.7 Å². The van der Waals surface area contributed by atoms with Crippen LogP contribution in [0.5, 0.6) is 0 Å². The fraction of sp³-hybridized carbons (Fsp3) is 0.800. The summed E-state index contributed by atoms with van der Waals surface area (Å²) in [5, 5.41) is 8.89. The number of rotatable bonds is 3. The van der Waals surface area contributed by atoms with Crippen molar-refractivity contribution < 1.29 is 19.4 Å². The minimum atomic E-state index is -0.991. The zero-order valence-corrected chi connectivity index (χ0v) is 9.15. The van der Waals surface area contributed by atoms with E-state index in [2.05, 4.69) is 0 Å². The second-order valence-electron chi connectivity index (χ2n) is 4.36. The summed E-state index contributed by atoms with van der Waals surface area (Å²) < 4.78 is 5.12. The van der Waals surface area contributed by atoms with Crippen molar-refractivity contribution in [2.75, 3.05) is 26.3 Å². The van der Waals surface area contributed by atoms with Gasteiger partial charge in [-0.2, -0.15) is 0 Å². The van der Waals surface area contributed by atoms with E-state index in [-0.39, 0.29) is 12.3 Å². The van der Waals surface area contributed by atoms with Crippen LogP contribution < -0.4 is 0 Å². The van der Waals surface area contributed by atoms with Gasteiger partial charge in [0.05, 0.1) is 18.6 Å². The van der Waals surface area contributed by atoms with E-state index in [0.29, 0.717) is 26.3 Å². The quantitative estimate of drug-likeness (QED) is 0.737. The highest BCUT2D eigenvalue weighted by Gasteiger charge is 2.32. The van der Waals surface area contributed by atoms with E-state index < -0.39 is 11.4 Å². The molecule has 1 N–H and O–H groups in total. The van der Waals surface area contributed by atoms with Crippen LogP contribution in [-0.4, -0.2) is 48.2 Å². The van der Waals surface area contributed by atoms with E-state index in [4.69, 9.17) is 9.84 Å². The Morgan fingerprint density at radius 2 is 1.87 bits per heavy atom. The lowest BCUT2D eigenvalue weighted by atomic mass is 9.89. The van der Waals surface area contributed by atoms with Gasteiger partial charge < -0.3 is 14.7 Å². The van der Waals surface area contributed by atoms with Crippen LogP contribution in [-0.2, 0) is 14.3 Å². The van der Waals surface area contributed by atoms with Crippen molar-refractivity contribution in [2.45, 2.75) is 20.3 Å². The molecule has 86 valence electrons. The summed E-state index contributed by atoms with van der Waals surface area (Å²) in [6.45, 7) is 5.34. The van der Waals surface area contributed by atoms with Crippen molar-refractivity contribution in [3.8, 4) is 0 Å². The average Bonchev–Trinajstić information content (AvgIpc) is 2.18. The Bertz CT molecular complexity index is 256. The molecule has 0 aromatic rings. The SMILES string of the molecule is CC(C)(CC(=O)N1CCOCC1)C(=O)O. The smallest absolute Gasteiger partial charge is 0.309 e. The van der Waals surface area contributed by atoms with E-state index in [0.717, 1.165) is 0 Å². The van der Waals surface area contributed by atoms with Gasteiger partial charge in [-0.25, -0.2) is 0 Å². The number of hydrogen-bond acceptors (Lipinski definition) is 3. The molecule has 0 aromatic heterocycles. The normalized spacial score (nSPS) is 17.6. The number of carbonyl (C=O) groups excluding carboxylic acids is 1. The molecule has 0 spiro atoms. The Hall–Kier alpha value is -1.10. The van der Waals surface area contributed by atoms with Gasteiger partial charge in [0.2, 0.25) is 5.91 Å². The Morgan fingerprint density at radius 1 is 1.33 bits per heavy atom. The van der Waals surface area contributed by atoms with Gasteiger partial charge in [0, 0.05) is 19.5 Å². The number of hydrogen-bond donors (Lipinski definition) is 1. The van der Waals surface area contributed by atoms with Gasteiger partial charge in [0.25, 0.3) is 0 Å². The molecule has 1 heterocycles. The lowest BCUT2D eigenvalue weighted by Gasteiger charge is -2.29. The van der Waals surface area contributed by atoms with Crippen molar-refractivity contribution in [1.82, 2.24) is 4.90 Å². The molecule has 0 bridgehead atoms. The summed E-state index contributed by atoms with van der Waals surface area (Å²) in [4.78, 5) is 24.2. The van der Waals surface area contributed by atoms with Gasteiger partial charge in [-0.3, -0.25) is 9.59 Å². The molecule has 0 atom stereocenters. The molecule has 0 unspecified atom stereocenters. The van der Waals surface area contributed by atoms with Crippen molar-refractivity contribution >= 4 is 11.9 Å². The lowest BCUT2D eigenvalue weighted by Crippen LogP contribution is -2.43. The third kappa shape index (κ3) is 3.20. The molecule has 0 saturated carbocycles. The van der Waals surface area contributed by atoms with Crippen LogP contribution in [0, 0.1) is 5.41 Å². The highest BCUT2D eigenvalue weighted by Crippen LogP contribution is 2.21. The zero-order valence-electron chi connectivity index (χ0n) is 9.15. The second kappa shape index (κ2) is 4.61. The summed E-state index contributed by atoms with van der Waals surface area (Å²) >= 11 is 0. The summed E-state index contributed by atoms with van der Waals surface area (Å²) in [6.07, 6.45) is 0.0440. The lowest BCUT2D eigenvalue weighted by molar-refractivity contribution is -0.152. The highest BCUT2D eigenvalue weighted by atomic mass is 16.5. The molecular weight excluding hydrogens is 198 g/mol. The van der Waals surface area contributed by atoms with Gasteiger partial charge in [-0.15, -0.1) is 0 Å². The molecule has 1 saturated heterocycles. The van der Waals surface area contributed by atoms with Crippen molar-refractivity contribution in [2.24, 2.45) is 5.41 Å². The molecule has 5 nitrogen and oxygen atoms in total. The molecular formula is C10H17NO4. The van der Waals surface area contributed by atoms with Crippen LogP contribution in [0.25, 0.3) is 0 Å². The molecule has 0 radical (unpaired) electrons. The molecule has 15 heavy (non-hydrogen) atoms. The first-order valence-corrected chi connectivity index (χ1v) is 5.02. The van der Waals surface area contributed by atoms with E-state index in [9.17, 15) is 9.59 Å². The second-order valence-corrected chi connectivity index (χ2v) is 4.36. The van der Waals surface area contributed by atoms with Crippen LogP contribution in [0.15, 0.2) is 0 Å². The number of nitrogens with zero attached hydrogens (tertiary/aromatic N) is 1. The van der Waals surface area contributed by atoms with Crippen molar-refractivity contribution in [3.63, 3.8) is 0 Å². The van der Waals surface area contributed by atoms with E-state index in [1.165, 1.54) is 0 Å². The molecule has 1 fully saturated rings. The van der Waals surface area contributed by atoms with Crippen LogP contribution in [0.4, 0.5) is 0 Å². The van der Waals surface area contributed by atoms with Crippen LogP contribution in [0.3, 0.4) is 0 Å². The Kier molecular flexibility index (Phi) is 3.68. The Balaban J connectivity index is 2.50. The number of aliphatic carboxylic acids is 1. The summed E-state index contributed by atoms with van der Waals surface area (Å²) in [5.74, 6) is -1.05.